The van der Waals surface area contributed by atoms with Crippen LogP contribution in [0.4, 0.5) is 30.6 Å². The van der Waals surface area contributed by atoms with Crippen LogP contribution in [-0.4, -0.2) is 64.9 Å². The SMILES string of the molecule is CN(c1nc2c(cc1C(=O)NC1CCC(C(F)(F)F)CC1)nc(Nc1c(Cl)ccc(CNC(=O)C(C)(C)C)c1Cl)n2C)C1COC1. The van der Waals surface area contributed by atoms with Gasteiger partial charge in [0.2, 0.25) is 11.9 Å². The van der Waals surface area contributed by atoms with Crippen LogP contribution in [0.5, 0.6) is 0 Å². The van der Waals surface area contributed by atoms with Gasteiger partial charge in [0.05, 0.1) is 46.5 Å². The number of halogens is 5. The first kappa shape index (κ1) is 34.1. The van der Waals surface area contributed by atoms with Gasteiger partial charge in [0, 0.05) is 32.1 Å². The maximum Gasteiger partial charge on any atom is 0.391 e. The number of anilines is 3. The van der Waals surface area contributed by atoms with Crippen LogP contribution in [0.15, 0.2) is 18.2 Å². The Balaban J connectivity index is 1.43. The Hall–Kier alpha value is -3.29. The Labute approximate surface area is 275 Å². The van der Waals surface area contributed by atoms with Crippen LogP contribution in [0.2, 0.25) is 10.0 Å². The molecule has 2 fully saturated rings. The first-order chi connectivity index (χ1) is 21.5. The van der Waals surface area contributed by atoms with Gasteiger partial charge in [-0.05, 0) is 43.4 Å². The number of nitrogens with one attached hydrogen (secondary N) is 3. The summed E-state index contributed by atoms with van der Waals surface area (Å²) in [5.74, 6) is -1.14. The third-order valence-electron chi connectivity index (χ3n) is 8.63. The molecule has 46 heavy (non-hydrogen) atoms. The van der Waals surface area contributed by atoms with Crippen molar-refractivity contribution in [1.82, 2.24) is 25.2 Å². The molecule has 250 valence electrons. The fourth-order valence-corrected chi connectivity index (χ4v) is 6.03. The standard InChI is InChI=1S/C31H38Cl2F3N7O3/c1-30(2,3)28(45)37-13-16-6-11-21(32)24(23(16)33)40-29-39-22-12-20(25(41-26(22)43(29)5)42(4)19-14-46-15-19)27(44)38-18-9-7-17(8-10-18)31(34,35)36/h6,11-12,17-19H,7-10,13-15H2,1-5H3,(H,37,45)(H,38,44)(H,39,40). The number of aryl methyl sites for hydroxylation is 1. The minimum Gasteiger partial charge on any atom is -0.377 e. The number of aromatic nitrogens is 3. The number of alkyl halides is 3. The minimum atomic E-state index is -4.23. The predicted octanol–water partition coefficient (Wildman–Crippen LogP) is 6.37. The largest absolute Gasteiger partial charge is 0.391 e. The summed E-state index contributed by atoms with van der Waals surface area (Å²) in [6.45, 7) is 6.60. The van der Waals surface area contributed by atoms with Gasteiger partial charge in [-0.2, -0.15) is 13.2 Å². The lowest BCUT2D eigenvalue weighted by molar-refractivity contribution is -0.182. The van der Waals surface area contributed by atoms with Gasteiger partial charge in [0.1, 0.15) is 11.3 Å². The Kier molecular flexibility index (Phi) is 9.68. The van der Waals surface area contributed by atoms with Crippen LogP contribution >= 0.6 is 23.2 Å². The molecular formula is C31H38Cl2F3N7O3. The lowest BCUT2D eigenvalue weighted by atomic mass is 9.85. The molecule has 1 aliphatic heterocycles. The molecule has 2 aromatic heterocycles. The number of fused-ring (bicyclic) bond motifs is 1. The smallest absolute Gasteiger partial charge is 0.377 e. The van der Waals surface area contributed by atoms with Gasteiger partial charge in [0.25, 0.3) is 5.91 Å². The van der Waals surface area contributed by atoms with Crippen LogP contribution in [0.3, 0.4) is 0 Å². The lowest BCUT2D eigenvalue weighted by Gasteiger charge is -2.36. The summed E-state index contributed by atoms with van der Waals surface area (Å²) in [5.41, 5.74) is 1.63. The summed E-state index contributed by atoms with van der Waals surface area (Å²) in [4.78, 5) is 37.4. The zero-order valence-electron chi connectivity index (χ0n) is 26.3. The van der Waals surface area contributed by atoms with E-state index >= 15 is 0 Å². The molecule has 2 aliphatic rings. The number of ether oxygens (including phenoxy) is 1. The van der Waals surface area contributed by atoms with Gasteiger partial charge < -0.3 is 25.6 Å². The molecule has 1 aliphatic carbocycles. The van der Waals surface area contributed by atoms with Gasteiger partial charge in [-0.1, -0.05) is 50.0 Å². The molecule has 0 radical (unpaired) electrons. The summed E-state index contributed by atoms with van der Waals surface area (Å²) >= 11 is 13.3. The van der Waals surface area contributed by atoms with E-state index in [-0.39, 0.29) is 55.8 Å². The number of imidazole rings is 1. The first-order valence-electron chi connectivity index (χ1n) is 15.1. The molecule has 0 spiro atoms. The van der Waals surface area contributed by atoms with Crippen molar-refractivity contribution < 1.29 is 27.5 Å². The monoisotopic (exact) mass is 683 g/mol. The number of carbonyl (C=O) groups is 2. The number of amides is 2. The number of benzene rings is 1. The summed E-state index contributed by atoms with van der Waals surface area (Å²) in [7, 11) is 3.58. The van der Waals surface area contributed by atoms with Crippen molar-refractivity contribution in [2.75, 3.05) is 30.5 Å². The van der Waals surface area contributed by atoms with Crippen molar-refractivity contribution in [3.05, 3.63) is 39.4 Å². The van der Waals surface area contributed by atoms with Crippen LogP contribution < -0.4 is 20.9 Å². The number of pyridine rings is 1. The zero-order valence-corrected chi connectivity index (χ0v) is 27.8. The molecule has 15 heteroatoms. The normalized spacial score (nSPS) is 19.1. The number of rotatable bonds is 8. The molecule has 3 heterocycles. The van der Waals surface area contributed by atoms with Gasteiger partial charge >= 0.3 is 6.18 Å². The van der Waals surface area contributed by atoms with Crippen molar-refractivity contribution in [2.45, 2.75) is 71.3 Å². The van der Waals surface area contributed by atoms with Crippen LogP contribution in [0.25, 0.3) is 11.2 Å². The average molecular weight is 685 g/mol. The molecule has 1 saturated heterocycles. The van der Waals surface area contributed by atoms with E-state index in [9.17, 15) is 22.8 Å². The van der Waals surface area contributed by atoms with Gasteiger partial charge in [0.15, 0.2) is 5.65 Å². The van der Waals surface area contributed by atoms with E-state index in [0.29, 0.717) is 57.4 Å². The third kappa shape index (κ3) is 7.16. The second-order valence-electron chi connectivity index (χ2n) is 13.0. The van der Waals surface area contributed by atoms with Crippen LogP contribution in [0.1, 0.15) is 62.4 Å². The van der Waals surface area contributed by atoms with Crippen molar-refractivity contribution in [3.8, 4) is 0 Å². The third-order valence-corrected chi connectivity index (χ3v) is 9.37. The Morgan fingerprint density at radius 2 is 1.76 bits per heavy atom. The first-order valence-corrected chi connectivity index (χ1v) is 15.9. The fourth-order valence-electron chi connectivity index (χ4n) is 5.50. The van der Waals surface area contributed by atoms with E-state index in [1.54, 1.807) is 29.8 Å². The highest BCUT2D eigenvalue weighted by Gasteiger charge is 2.42. The molecule has 10 nitrogen and oxygen atoms in total. The number of carbonyl (C=O) groups excluding carboxylic acids is 2. The van der Waals surface area contributed by atoms with Gasteiger partial charge in [-0.3, -0.25) is 14.2 Å². The number of hydrogen-bond donors (Lipinski definition) is 3. The summed E-state index contributed by atoms with van der Waals surface area (Å²) in [5, 5.41) is 9.66. The van der Waals surface area contributed by atoms with E-state index in [1.165, 1.54) is 0 Å². The molecule has 1 saturated carbocycles. The van der Waals surface area contributed by atoms with Crippen molar-refractivity contribution in [2.24, 2.45) is 18.4 Å². The maximum atomic E-state index is 13.6. The number of likely N-dealkylation sites (N-methyl/N-ethyl adjacent to an activating group) is 1. The zero-order chi connectivity index (χ0) is 33.6. The highest BCUT2D eigenvalue weighted by molar-refractivity contribution is 6.39. The quantitative estimate of drug-likeness (QED) is 0.253. The molecule has 2 amide bonds. The number of nitrogens with zero attached hydrogens (tertiary/aromatic N) is 4. The number of hydrogen-bond acceptors (Lipinski definition) is 7. The molecule has 3 aromatic rings. The van der Waals surface area contributed by atoms with Crippen molar-refractivity contribution in [3.63, 3.8) is 0 Å². The highest BCUT2D eigenvalue weighted by Crippen LogP contribution is 2.39. The molecule has 0 bridgehead atoms. The maximum absolute atomic E-state index is 13.6. The molecule has 1 aromatic carbocycles. The molecule has 5 rings (SSSR count). The second kappa shape index (κ2) is 13.1. The molecule has 3 N–H and O–H groups in total. The minimum absolute atomic E-state index is 0.00340. The van der Waals surface area contributed by atoms with E-state index < -0.39 is 23.4 Å². The van der Waals surface area contributed by atoms with Gasteiger partial charge in [-0.15, -0.1) is 0 Å². The average Bonchev–Trinajstić information content (AvgIpc) is 3.26. The van der Waals surface area contributed by atoms with E-state index in [0.717, 1.165) is 0 Å². The topological polar surface area (TPSA) is 113 Å². The van der Waals surface area contributed by atoms with Gasteiger partial charge in [-0.25, -0.2) is 9.97 Å². The van der Waals surface area contributed by atoms with E-state index in [2.05, 4.69) is 20.9 Å². The molecule has 0 atom stereocenters. The summed E-state index contributed by atoms with van der Waals surface area (Å²) in [6, 6.07) is 4.67. The summed E-state index contributed by atoms with van der Waals surface area (Å²) in [6.07, 6.45) is -3.80. The Morgan fingerprint density at radius 1 is 1.09 bits per heavy atom. The summed E-state index contributed by atoms with van der Waals surface area (Å²) < 4.78 is 46.6. The van der Waals surface area contributed by atoms with Crippen molar-refractivity contribution >= 4 is 63.6 Å². The lowest BCUT2D eigenvalue weighted by Crippen LogP contribution is -2.48. The molecule has 0 unspecified atom stereocenters. The van der Waals surface area contributed by atoms with E-state index in [1.807, 2.05) is 32.7 Å². The Bertz CT molecular complexity index is 1630. The van der Waals surface area contributed by atoms with Crippen LogP contribution in [-0.2, 0) is 23.1 Å². The highest BCUT2D eigenvalue weighted by atomic mass is 35.5. The van der Waals surface area contributed by atoms with Crippen molar-refractivity contribution in [1.29, 1.82) is 0 Å². The predicted molar refractivity (Wildman–Crippen MR) is 172 cm³/mol. The fraction of sp³-hybridized carbons (Fsp3) is 0.548. The van der Waals surface area contributed by atoms with E-state index in [4.69, 9.17) is 32.9 Å². The van der Waals surface area contributed by atoms with Crippen LogP contribution in [0, 0.1) is 11.3 Å². The molecular weight excluding hydrogens is 646 g/mol. The second-order valence-corrected chi connectivity index (χ2v) is 13.8. The Morgan fingerprint density at radius 3 is 2.35 bits per heavy atom.